The molecule has 130 valence electrons. The number of rotatable bonds is 2. The molecule has 5 aliphatic rings. The van der Waals surface area contributed by atoms with Crippen LogP contribution in [0.1, 0.15) is 23.0 Å². The highest BCUT2D eigenvalue weighted by molar-refractivity contribution is 5.61. The SMILES string of the molecule is Fc1c(F)c(F)c2c(c1F)[C@H]1C=C(C3C=CC=C3)[C@@H]2C=C1C1C=CC=C1. The molecular weight excluding hydrogens is 340 g/mol. The Balaban J connectivity index is 1.74. The molecule has 0 amide bonds. The molecule has 4 heteroatoms. The maximum absolute atomic E-state index is 14.6. The van der Waals surface area contributed by atoms with Gasteiger partial charge in [0.2, 0.25) is 0 Å². The van der Waals surface area contributed by atoms with Crippen LogP contribution in [-0.4, -0.2) is 0 Å². The Kier molecular flexibility index (Phi) is 3.27. The van der Waals surface area contributed by atoms with Gasteiger partial charge in [-0.3, -0.25) is 0 Å². The number of benzene rings is 1. The predicted molar refractivity (Wildman–Crippen MR) is 91.5 cm³/mol. The molecule has 0 spiro atoms. The third kappa shape index (κ3) is 1.96. The summed E-state index contributed by atoms with van der Waals surface area (Å²) >= 11 is 0. The summed E-state index contributed by atoms with van der Waals surface area (Å²) in [6.45, 7) is 0. The summed E-state index contributed by atoms with van der Waals surface area (Å²) < 4.78 is 57.1. The smallest absolute Gasteiger partial charge is 0.197 e. The molecular formula is C22H14F4. The van der Waals surface area contributed by atoms with Crippen LogP contribution in [0.15, 0.2) is 71.9 Å². The minimum Gasteiger partial charge on any atom is -0.203 e. The molecule has 0 aromatic heterocycles. The first-order chi connectivity index (χ1) is 12.6. The second-order valence-electron chi connectivity index (χ2n) is 6.96. The van der Waals surface area contributed by atoms with Crippen LogP contribution >= 0.6 is 0 Å². The van der Waals surface area contributed by atoms with E-state index in [0.29, 0.717) is 0 Å². The lowest BCUT2D eigenvalue weighted by Crippen LogP contribution is -2.29. The van der Waals surface area contributed by atoms with Crippen LogP contribution in [0.4, 0.5) is 17.6 Å². The normalized spacial score (nSPS) is 26.0. The van der Waals surface area contributed by atoms with E-state index in [1.807, 2.05) is 60.8 Å². The number of allylic oxidation sites excluding steroid dienone is 12. The highest BCUT2D eigenvalue weighted by Crippen LogP contribution is 2.55. The van der Waals surface area contributed by atoms with Gasteiger partial charge in [-0.2, -0.15) is 0 Å². The Morgan fingerprint density at radius 2 is 0.846 bits per heavy atom. The predicted octanol–water partition coefficient (Wildman–Crippen LogP) is 5.77. The average molecular weight is 354 g/mol. The van der Waals surface area contributed by atoms with Gasteiger partial charge in [0.1, 0.15) is 0 Å². The van der Waals surface area contributed by atoms with Gasteiger partial charge in [-0.25, -0.2) is 17.6 Å². The van der Waals surface area contributed by atoms with Gasteiger partial charge in [-0.05, 0) is 0 Å². The molecule has 0 saturated carbocycles. The molecule has 0 N–H and O–H groups in total. The van der Waals surface area contributed by atoms with Crippen LogP contribution in [0.5, 0.6) is 0 Å². The highest BCUT2D eigenvalue weighted by Gasteiger charge is 2.43. The first kappa shape index (κ1) is 15.6. The minimum absolute atomic E-state index is 0.0429. The van der Waals surface area contributed by atoms with Crippen molar-refractivity contribution in [2.45, 2.75) is 11.8 Å². The molecule has 0 unspecified atom stereocenters. The molecule has 0 heterocycles. The van der Waals surface area contributed by atoms with Crippen LogP contribution in [0.3, 0.4) is 0 Å². The zero-order valence-electron chi connectivity index (χ0n) is 13.6. The van der Waals surface area contributed by atoms with E-state index < -0.39 is 35.1 Å². The molecule has 1 aromatic carbocycles. The van der Waals surface area contributed by atoms with Gasteiger partial charge < -0.3 is 0 Å². The van der Waals surface area contributed by atoms with Gasteiger partial charge in [0, 0.05) is 34.8 Å². The zero-order valence-corrected chi connectivity index (χ0v) is 13.6. The summed E-state index contributed by atoms with van der Waals surface area (Å²) in [4.78, 5) is 0. The Hall–Kier alpha value is -2.62. The van der Waals surface area contributed by atoms with Crippen molar-refractivity contribution in [3.05, 3.63) is 106 Å². The van der Waals surface area contributed by atoms with E-state index in [-0.39, 0.29) is 23.0 Å². The van der Waals surface area contributed by atoms with Gasteiger partial charge >= 0.3 is 0 Å². The summed E-state index contributed by atoms with van der Waals surface area (Å²) in [5.41, 5.74) is 1.64. The quantitative estimate of drug-likeness (QED) is 0.274. The fraction of sp³-hybridized carbons (Fsp3) is 0.182. The van der Waals surface area contributed by atoms with Crippen molar-refractivity contribution in [3.63, 3.8) is 0 Å². The lowest BCUT2D eigenvalue weighted by Gasteiger charge is -2.40. The lowest BCUT2D eigenvalue weighted by atomic mass is 9.63. The van der Waals surface area contributed by atoms with Crippen molar-refractivity contribution in [3.8, 4) is 0 Å². The first-order valence-electron chi connectivity index (χ1n) is 8.57. The molecule has 0 saturated heterocycles. The summed E-state index contributed by atoms with van der Waals surface area (Å²) in [5, 5.41) is 0. The second kappa shape index (κ2) is 5.44. The van der Waals surface area contributed by atoms with Crippen LogP contribution in [-0.2, 0) is 0 Å². The second-order valence-corrected chi connectivity index (χ2v) is 6.96. The van der Waals surface area contributed by atoms with Crippen LogP contribution in [0.25, 0.3) is 0 Å². The van der Waals surface area contributed by atoms with Crippen molar-refractivity contribution in [2.75, 3.05) is 0 Å². The third-order valence-corrected chi connectivity index (χ3v) is 5.67. The van der Waals surface area contributed by atoms with E-state index in [1.165, 1.54) is 0 Å². The maximum Gasteiger partial charge on any atom is 0.197 e. The third-order valence-electron chi connectivity index (χ3n) is 5.67. The molecule has 26 heavy (non-hydrogen) atoms. The van der Waals surface area contributed by atoms with Crippen molar-refractivity contribution in [2.24, 2.45) is 11.8 Å². The van der Waals surface area contributed by atoms with Gasteiger partial charge in [-0.1, -0.05) is 71.9 Å². The standard InChI is InChI=1S/C22H14F4/c23-19-17-15-10-14(12-7-3-4-8-12)16(9-13(15)11-5-1-2-6-11)18(17)20(24)22(26)21(19)25/h1-12,15-16H/t15-,16-/m0/s1. The topological polar surface area (TPSA) is 0 Å². The molecule has 5 aliphatic carbocycles. The molecule has 0 fully saturated rings. The maximum atomic E-state index is 14.6. The molecule has 6 rings (SSSR count). The molecule has 0 radical (unpaired) electrons. The molecule has 0 aliphatic heterocycles. The van der Waals surface area contributed by atoms with E-state index >= 15 is 0 Å². The van der Waals surface area contributed by atoms with Crippen LogP contribution < -0.4 is 0 Å². The largest absolute Gasteiger partial charge is 0.203 e. The number of hydrogen-bond donors (Lipinski definition) is 0. The van der Waals surface area contributed by atoms with Crippen molar-refractivity contribution in [1.29, 1.82) is 0 Å². The molecule has 2 atom stereocenters. The first-order valence-corrected chi connectivity index (χ1v) is 8.57. The van der Waals surface area contributed by atoms with Gasteiger partial charge in [0.25, 0.3) is 0 Å². The highest BCUT2D eigenvalue weighted by atomic mass is 19.2. The summed E-state index contributed by atoms with van der Waals surface area (Å²) in [5.74, 6) is -7.32. The van der Waals surface area contributed by atoms with Crippen molar-refractivity contribution < 1.29 is 17.6 Å². The average Bonchev–Trinajstić information content (AvgIpc) is 3.37. The summed E-state index contributed by atoms with van der Waals surface area (Å²) in [7, 11) is 0. The zero-order chi connectivity index (χ0) is 18.0. The Labute approximate surface area is 148 Å². The van der Waals surface area contributed by atoms with Gasteiger partial charge in [-0.15, -0.1) is 0 Å². The Morgan fingerprint density at radius 3 is 1.19 bits per heavy atom. The summed E-state index contributed by atoms with van der Waals surface area (Å²) in [6.07, 6.45) is 19.2. The van der Waals surface area contributed by atoms with E-state index in [2.05, 4.69) is 0 Å². The van der Waals surface area contributed by atoms with Crippen LogP contribution in [0.2, 0.25) is 0 Å². The van der Waals surface area contributed by atoms with Gasteiger partial charge in [0.05, 0.1) is 0 Å². The molecule has 0 nitrogen and oxygen atoms in total. The van der Waals surface area contributed by atoms with E-state index in [9.17, 15) is 17.6 Å². The van der Waals surface area contributed by atoms with E-state index in [1.54, 1.807) is 0 Å². The van der Waals surface area contributed by atoms with Gasteiger partial charge in [0.15, 0.2) is 23.3 Å². The van der Waals surface area contributed by atoms with E-state index in [0.717, 1.165) is 11.1 Å². The number of halogens is 4. The molecule has 2 bridgehead atoms. The number of hydrogen-bond acceptors (Lipinski definition) is 0. The Bertz CT molecular complexity index is 899. The minimum atomic E-state index is -1.73. The van der Waals surface area contributed by atoms with Crippen LogP contribution in [0, 0.1) is 35.1 Å². The van der Waals surface area contributed by atoms with Crippen molar-refractivity contribution in [1.82, 2.24) is 0 Å². The summed E-state index contributed by atoms with van der Waals surface area (Å²) in [6, 6.07) is 0. The van der Waals surface area contributed by atoms with Crippen molar-refractivity contribution >= 4 is 0 Å². The monoisotopic (exact) mass is 354 g/mol. The fourth-order valence-corrected chi connectivity index (χ4v) is 4.50. The fourth-order valence-electron chi connectivity index (χ4n) is 4.50. The Morgan fingerprint density at radius 1 is 0.500 bits per heavy atom. The van der Waals surface area contributed by atoms with E-state index in [4.69, 9.17) is 0 Å². The lowest BCUT2D eigenvalue weighted by molar-refractivity contribution is 0.392. The molecule has 1 aromatic rings.